The number of rotatable bonds is 1. The third-order valence-electron chi connectivity index (χ3n) is 2.83. The molecule has 1 fully saturated rings. The molecule has 1 saturated heterocycles. The Bertz CT molecular complexity index is 451. The van der Waals surface area contributed by atoms with E-state index in [0.717, 1.165) is 6.07 Å². The molecule has 0 radical (unpaired) electrons. The van der Waals surface area contributed by atoms with Gasteiger partial charge in [-0.25, -0.2) is 15.2 Å². The number of nitrogens with one attached hydrogen (secondary N) is 2. The molecule has 0 aromatic heterocycles. The van der Waals surface area contributed by atoms with Gasteiger partial charge in [0, 0.05) is 10.9 Å². The molecule has 0 bridgehead atoms. The van der Waals surface area contributed by atoms with Crippen LogP contribution in [0.5, 0.6) is 0 Å². The van der Waals surface area contributed by atoms with Crippen LogP contribution in [0.1, 0.15) is 11.5 Å². The van der Waals surface area contributed by atoms with Gasteiger partial charge < -0.3 is 5.73 Å². The van der Waals surface area contributed by atoms with E-state index in [2.05, 4.69) is 5.43 Å². The summed E-state index contributed by atoms with van der Waals surface area (Å²) in [6.07, 6.45) is -5.56. The highest BCUT2D eigenvalue weighted by Crippen LogP contribution is 2.36. The maximum Gasteiger partial charge on any atom is 0.405 e. The molecule has 1 aliphatic rings. The summed E-state index contributed by atoms with van der Waals surface area (Å²) in [7, 11) is 0. The Balaban J connectivity index is 2.40. The molecule has 100 valence electrons. The number of alkyl halides is 3. The molecule has 1 heterocycles. The highest BCUT2D eigenvalue weighted by molar-refractivity contribution is 6.30. The minimum atomic E-state index is -4.53. The van der Waals surface area contributed by atoms with Gasteiger partial charge in [-0.05, 0) is 17.7 Å². The fraction of sp³-hybridized carbons (Fsp3) is 0.400. The van der Waals surface area contributed by atoms with E-state index < -0.39 is 30.1 Å². The van der Waals surface area contributed by atoms with Gasteiger partial charge in [-0.3, -0.25) is 0 Å². The first-order chi connectivity index (χ1) is 8.30. The summed E-state index contributed by atoms with van der Waals surface area (Å²) in [6.45, 7) is 0. The molecule has 0 aliphatic carbocycles. The van der Waals surface area contributed by atoms with Crippen LogP contribution in [0.25, 0.3) is 0 Å². The van der Waals surface area contributed by atoms with Crippen LogP contribution in [0.15, 0.2) is 18.2 Å². The van der Waals surface area contributed by atoms with Crippen molar-refractivity contribution in [3.05, 3.63) is 34.6 Å². The average molecular weight is 284 g/mol. The lowest BCUT2D eigenvalue weighted by molar-refractivity contribution is -0.156. The van der Waals surface area contributed by atoms with Gasteiger partial charge in [0.05, 0.1) is 6.17 Å². The number of hydrogen-bond acceptors (Lipinski definition) is 3. The highest BCUT2D eigenvalue weighted by Gasteiger charge is 2.51. The lowest BCUT2D eigenvalue weighted by atomic mass is 9.90. The molecule has 3 unspecified atom stereocenters. The molecule has 1 aromatic carbocycles. The van der Waals surface area contributed by atoms with Crippen LogP contribution in [0, 0.1) is 5.82 Å². The number of halogens is 5. The van der Waals surface area contributed by atoms with Gasteiger partial charge >= 0.3 is 6.18 Å². The van der Waals surface area contributed by atoms with Crippen LogP contribution >= 0.6 is 11.6 Å². The summed E-state index contributed by atoms with van der Waals surface area (Å²) in [5, 5.41) is 0.118. The molecule has 4 N–H and O–H groups in total. The Morgan fingerprint density at radius 1 is 1.22 bits per heavy atom. The predicted molar refractivity (Wildman–Crippen MR) is 58.2 cm³/mol. The Morgan fingerprint density at radius 3 is 2.44 bits per heavy atom. The number of benzene rings is 1. The molecule has 2 rings (SSSR count). The van der Waals surface area contributed by atoms with Crippen LogP contribution in [0.2, 0.25) is 5.02 Å². The van der Waals surface area contributed by atoms with Gasteiger partial charge in [0.25, 0.3) is 0 Å². The molecule has 0 saturated carbocycles. The van der Waals surface area contributed by atoms with E-state index in [4.69, 9.17) is 17.3 Å². The zero-order valence-electron chi connectivity index (χ0n) is 8.93. The monoisotopic (exact) mass is 283 g/mol. The smallest absolute Gasteiger partial charge is 0.314 e. The van der Waals surface area contributed by atoms with Crippen LogP contribution in [-0.2, 0) is 0 Å². The van der Waals surface area contributed by atoms with Gasteiger partial charge in [-0.2, -0.15) is 13.2 Å². The van der Waals surface area contributed by atoms with Crippen molar-refractivity contribution in [3.8, 4) is 0 Å². The summed E-state index contributed by atoms with van der Waals surface area (Å²) >= 11 is 5.56. The van der Waals surface area contributed by atoms with Gasteiger partial charge in [0.2, 0.25) is 0 Å². The maximum absolute atomic E-state index is 13.7. The lowest BCUT2D eigenvalue weighted by Crippen LogP contribution is -2.43. The van der Waals surface area contributed by atoms with Gasteiger partial charge in [0.1, 0.15) is 11.9 Å². The summed E-state index contributed by atoms with van der Waals surface area (Å²) in [5.74, 6) is -2.05. The van der Waals surface area contributed by atoms with E-state index in [-0.39, 0.29) is 10.6 Å². The van der Waals surface area contributed by atoms with Crippen molar-refractivity contribution in [2.45, 2.75) is 24.3 Å². The van der Waals surface area contributed by atoms with E-state index >= 15 is 0 Å². The Kier molecular flexibility index (Phi) is 3.50. The van der Waals surface area contributed by atoms with Crippen molar-refractivity contribution in [2.75, 3.05) is 0 Å². The molecule has 18 heavy (non-hydrogen) atoms. The molecule has 1 aromatic rings. The average Bonchev–Trinajstić information content (AvgIpc) is 2.60. The Labute approximate surface area is 105 Å². The largest absolute Gasteiger partial charge is 0.405 e. The van der Waals surface area contributed by atoms with E-state index in [1.54, 1.807) is 0 Å². The van der Waals surface area contributed by atoms with Crippen LogP contribution in [0.3, 0.4) is 0 Å². The van der Waals surface area contributed by atoms with E-state index in [1.165, 1.54) is 12.1 Å². The first kappa shape index (κ1) is 13.5. The SMILES string of the molecule is NC1NNC(C(F)(F)F)C1c1ccc(Cl)cc1F. The zero-order valence-corrected chi connectivity index (χ0v) is 9.69. The summed E-state index contributed by atoms with van der Waals surface area (Å²) in [4.78, 5) is 0. The first-order valence-electron chi connectivity index (χ1n) is 5.09. The third-order valence-corrected chi connectivity index (χ3v) is 3.06. The second-order valence-corrected chi connectivity index (χ2v) is 4.46. The zero-order chi connectivity index (χ0) is 13.5. The van der Waals surface area contributed by atoms with Crippen LogP contribution < -0.4 is 16.6 Å². The quantitative estimate of drug-likeness (QED) is 0.690. The highest BCUT2D eigenvalue weighted by atomic mass is 35.5. The second kappa shape index (κ2) is 4.65. The van der Waals surface area contributed by atoms with Crippen molar-refractivity contribution < 1.29 is 17.6 Å². The predicted octanol–water partition coefficient (Wildman–Crippen LogP) is 1.89. The minimum absolute atomic E-state index is 0.118. The standard InChI is InChI=1S/C10H10ClF4N3/c11-4-1-2-5(6(12)3-4)7-8(10(13,14)15)17-18-9(7)16/h1-3,7-9,17-18H,16H2. The Hall–Kier alpha value is -0.890. The molecule has 3 nitrogen and oxygen atoms in total. The summed E-state index contributed by atoms with van der Waals surface area (Å²) in [5.41, 5.74) is 9.72. The normalized spacial score (nSPS) is 28.7. The van der Waals surface area contributed by atoms with Crippen LogP contribution in [0.4, 0.5) is 17.6 Å². The van der Waals surface area contributed by atoms with Crippen molar-refractivity contribution in [1.29, 1.82) is 0 Å². The first-order valence-corrected chi connectivity index (χ1v) is 5.47. The minimum Gasteiger partial charge on any atom is -0.314 e. The van der Waals surface area contributed by atoms with Gasteiger partial charge in [-0.15, -0.1) is 0 Å². The second-order valence-electron chi connectivity index (χ2n) is 4.03. The molecular weight excluding hydrogens is 274 g/mol. The van der Waals surface area contributed by atoms with Crippen molar-refractivity contribution in [1.82, 2.24) is 10.9 Å². The molecule has 0 amide bonds. The maximum atomic E-state index is 13.7. The molecule has 1 aliphatic heterocycles. The number of hydrazine groups is 1. The van der Waals surface area contributed by atoms with Gasteiger partial charge in [0.15, 0.2) is 0 Å². The Morgan fingerprint density at radius 2 is 1.89 bits per heavy atom. The van der Waals surface area contributed by atoms with E-state index in [1.807, 2.05) is 5.43 Å². The molecular formula is C10H10ClF4N3. The van der Waals surface area contributed by atoms with Crippen LogP contribution in [-0.4, -0.2) is 18.4 Å². The molecule has 8 heteroatoms. The van der Waals surface area contributed by atoms with Gasteiger partial charge in [-0.1, -0.05) is 17.7 Å². The fourth-order valence-electron chi connectivity index (χ4n) is 2.00. The van der Waals surface area contributed by atoms with Crippen molar-refractivity contribution in [2.24, 2.45) is 5.73 Å². The molecule has 0 spiro atoms. The lowest BCUT2D eigenvalue weighted by Gasteiger charge is -2.23. The van der Waals surface area contributed by atoms with Crippen molar-refractivity contribution in [3.63, 3.8) is 0 Å². The third kappa shape index (κ3) is 2.44. The number of nitrogens with two attached hydrogens (primary N) is 1. The topological polar surface area (TPSA) is 50.1 Å². The van der Waals surface area contributed by atoms with E-state index in [0.29, 0.717) is 0 Å². The summed E-state index contributed by atoms with van der Waals surface area (Å²) < 4.78 is 52.0. The fourth-order valence-corrected chi connectivity index (χ4v) is 2.16. The molecule has 3 atom stereocenters. The van der Waals surface area contributed by atoms with E-state index in [9.17, 15) is 17.6 Å². The van der Waals surface area contributed by atoms with Crippen molar-refractivity contribution >= 4 is 11.6 Å². The number of hydrogen-bond donors (Lipinski definition) is 3. The summed E-state index contributed by atoms with van der Waals surface area (Å²) in [6, 6.07) is 1.58.